The third kappa shape index (κ3) is 6.89. The molecule has 1 fully saturated rings. The van der Waals surface area contributed by atoms with E-state index in [1.54, 1.807) is 24.3 Å². The van der Waals surface area contributed by atoms with Gasteiger partial charge in [0.25, 0.3) is 0 Å². The third-order valence-corrected chi connectivity index (χ3v) is 6.41. The summed E-state index contributed by atoms with van der Waals surface area (Å²) in [6, 6.07) is 13.4. The third-order valence-electron chi connectivity index (χ3n) is 5.52. The van der Waals surface area contributed by atoms with E-state index < -0.39 is 17.5 Å². The van der Waals surface area contributed by atoms with Crippen LogP contribution in [0.5, 0.6) is 0 Å². The molecular formula is C25H24Cl3N3O3. The first-order chi connectivity index (χ1) is 16.3. The molecule has 0 radical (unpaired) electrons. The summed E-state index contributed by atoms with van der Waals surface area (Å²) in [5.41, 5.74) is 1.12. The van der Waals surface area contributed by atoms with Crippen LogP contribution in [0.1, 0.15) is 17.5 Å². The highest BCUT2D eigenvalue weighted by Gasteiger charge is 2.42. The summed E-state index contributed by atoms with van der Waals surface area (Å²) in [6.45, 7) is 0.116. The number of terminal acetylenes is 1. The summed E-state index contributed by atoms with van der Waals surface area (Å²) >= 11 is 18.3. The maximum absolute atomic E-state index is 13.3. The fraction of sp³-hybridized carbons (Fsp3) is 0.320. The zero-order valence-electron chi connectivity index (χ0n) is 18.3. The lowest BCUT2D eigenvalue weighted by Gasteiger charge is -2.41. The normalized spacial score (nSPS) is 16.8. The number of hydrogen-bond donors (Lipinski definition) is 1. The molecule has 34 heavy (non-hydrogen) atoms. The van der Waals surface area contributed by atoms with E-state index in [0.717, 1.165) is 11.1 Å². The molecular weight excluding hydrogens is 497 g/mol. The van der Waals surface area contributed by atoms with Gasteiger partial charge in [0, 0.05) is 23.0 Å². The molecule has 3 rings (SSSR count). The van der Waals surface area contributed by atoms with Crippen molar-refractivity contribution in [3.8, 4) is 12.3 Å². The zero-order valence-corrected chi connectivity index (χ0v) is 20.6. The van der Waals surface area contributed by atoms with Crippen molar-refractivity contribution >= 4 is 52.5 Å². The molecule has 0 aromatic heterocycles. The first-order valence-electron chi connectivity index (χ1n) is 10.7. The summed E-state index contributed by atoms with van der Waals surface area (Å²) in [7, 11) is 0. The number of nitrogens with one attached hydrogen (secondary N) is 1. The average Bonchev–Trinajstić information content (AvgIpc) is 2.81. The van der Waals surface area contributed by atoms with Crippen LogP contribution in [0.2, 0.25) is 10.0 Å². The number of amides is 3. The van der Waals surface area contributed by atoms with Gasteiger partial charge in [0.05, 0.1) is 13.0 Å². The van der Waals surface area contributed by atoms with Crippen molar-refractivity contribution in [3.05, 3.63) is 69.7 Å². The number of carbonyl (C=O) groups excluding carboxylic acids is 3. The standard InChI is InChI=1S/C25H24Cl3N3O3/c1-2-13-30-21(15-23(32)29-12-11-17-3-7-19(26)8-4-17)25(34)31(16-24(30)33)22(28)14-18-5-9-20(27)10-6-18/h1,3-10,21-22H,11-16H2,(H,29,32). The lowest BCUT2D eigenvalue weighted by molar-refractivity contribution is -0.157. The van der Waals surface area contributed by atoms with E-state index in [1.807, 2.05) is 24.3 Å². The van der Waals surface area contributed by atoms with Crippen LogP contribution in [0.3, 0.4) is 0 Å². The minimum Gasteiger partial charge on any atom is -0.356 e. The molecule has 2 aromatic rings. The molecule has 0 saturated carbocycles. The van der Waals surface area contributed by atoms with Gasteiger partial charge in [0.1, 0.15) is 18.1 Å². The van der Waals surface area contributed by atoms with Gasteiger partial charge in [-0.15, -0.1) is 6.42 Å². The Kier molecular flexibility index (Phi) is 9.23. The molecule has 2 aromatic carbocycles. The molecule has 6 nitrogen and oxygen atoms in total. The highest BCUT2D eigenvalue weighted by Crippen LogP contribution is 2.22. The van der Waals surface area contributed by atoms with Crippen LogP contribution in [-0.2, 0) is 27.2 Å². The molecule has 0 aliphatic carbocycles. The minimum atomic E-state index is -1.01. The maximum Gasteiger partial charge on any atom is 0.247 e. The Balaban J connectivity index is 1.64. The van der Waals surface area contributed by atoms with E-state index in [9.17, 15) is 14.4 Å². The number of rotatable bonds is 9. The SMILES string of the molecule is C#CCN1C(=O)CN(C(Cl)Cc2ccc(Cl)cc2)C(=O)C1CC(=O)NCCc1ccc(Cl)cc1. The summed E-state index contributed by atoms with van der Waals surface area (Å²) in [5, 5.41) is 4.03. The Morgan fingerprint density at radius 2 is 1.65 bits per heavy atom. The lowest BCUT2D eigenvalue weighted by Crippen LogP contribution is -2.62. The molecule has 1 heterocycles. The summed E-state index contributed by atoms with van der Waals surface area (Å²) < 4.78 is 0. The van der Waals surface area contributed by atoms with Crippen LogP contribution in [0.15, 0.2) is 48.5 Å². The smallest absolute Gasteiger partial charge is 0.247 e. The number of alkyl halides is 1. The van der Waals surface area contributed by atoms with Gasteiger partial charge in [0.15, 0.2) is 0 Å². The monoisotopic (exact) mass is 519 g/mol. The van der Waals surface area contributed by atoms with Crippen molar-refractivity contribution in [3.63, 3.8) is 0 Å². The fourth-order valence-corrected chi connectivity index (χ4v) is 4.31. The minimum absolute atomic E-state index is 0.0642. The molecule has 9 heteroatoms. The van der Waals surface area contributed by atoms with Gasteiger partial charge in [-0.05, 0) is 41.8 Å². The van der Waals surface area contributed by atoms with Crippen LogP contribution >= 0.6 is 34.8 Å². The molecule has 0 bridgehead atoms. The molecule has 0 spiro atoms. The second-order valence-electron chi connectivity index (χ2n) is 7.90. The molecule has 2 atom stereocenters. The summed E-state index contributed by atoms with van der Waals surface area (Å²) in [4.78, 5) is 41.2. The van der Waals surface area contributed by atoms with E-state index in [-0.39, 0.29) is 31.3 Å². The fourth-order valence-electron chi connectivity index (χ4n) is 3.71. The van der Waals surface area contributed by atoms with E-state index >= 15 is 0 Å². The number of carbonyl (C=O) groups is 3. The number of hydrogen-bond acceptors (Lipinski definition) is 3. The molecule has 2 unspecified atom stereocenters. The van der Waals surface area contributed by atoms with Gasteiger partial charge in [-0.2, -0.15) is 0 Å². The number of nitrogens with zero attached hydrogens (tertiary/aromatic N) is 2. The van der Waals surface area contributed by atoms with E-state index in [2.05, 4.69) is 11.2 Å². The largest absolute Gasteiger partial charge is 0.356 e. The van der Waals surface area contributed by atoms with Crippen LogP contribution < -0.4 is 5.32 Å². The maximum atomic E-state index is 13.3. The van der Waals surface area contributed by atoms with Crippen molar-refractivity contribution in [2.24, 2.45) is 0 Å². The first kappa shape index (κ1) is 25.9. The average molecular weight is 521 g/mol. The van der Waals surface area contributed by atoms with Gasteiger partial charge < -0.3 is 15.1 Å². The summed E-state index contributed by atoms with van der Waals surface area (Å²) in [6.07, 6.45) is 6.14. The highest BCUT2D eigenvalue weighted by atomic mass is 35.5. The Morgan fingerprint density at radius 1 is 1.06 bits per heavy atom. The van der Waals surface area contributed by atoms with E-state index in [4.69, 9.17) is 41.2 Å². The molecule has 1 aliphatic heterocycles. The van der Waals surface area contributed by atoms with Gasteiger partial charge in [-0.1, -0.05) is 65.0 Å². The lowest BCUT2D eigenvalue weighted by atomic mass is 10.0. The quantitative estimate of drug-likeness (QED) is 0.312. The Morgan fingerprint density at radius 3 is 2.24 bits per heavy atom. The van der Waals surface area contributed by atoms with Gasteiger partial charge >= 0.3 is 0 Å². The second kappa shape index (κ2) is 12.1. The van der Waals surface area contributed by atoms with E-state index in [0.29, 0.717) is 29.4 Å². The van der Waals surface area contributed by atoms with Crippen LogP contribution in [0.4, 0.5) is 0 Å². The number of piperazine rings is 1. The van der Waals surface area contributed by atoms with Crippen molar-refractivity contribution < 1.29 is 14.4 Å². The number of benzene rings is 2. The Bertz CT molecular complexity index is 1070. The Labute approximate surface area is 214 Å². The highest BCUT2D eigenvalue weighted by molar-refractivity contribution is 6.30. The second-order valence-corrected chi connectivity index (χ2v) is 9.28. The Hall–Kier alpha value is -2.72. The molecule has 1 saturated heterocycles. The zero-order chi connectivity index (χ0) is 24.7. The van der Waals surface area contributed by atoms with Gasteiger partial charge in [-0.3, -0.25) is 14.4 Å². The number of halogens is 3. The van der Waals surface area contributed by atoms with Crippen molar-refractivity contribution in [1.29, 1.82) is 0 Å². The predicted molar refractivity (Wildman–Crippen MR) is 134 cm³/mol. The summed E-state index contributed by atoms with van der Waals surface area (Å²) in [5.74, 6) is 1.29. The van der Waals surface area contributed by atoms with Crippen molar-refractivity contribution in [1.82, 2.24) is 15.1 Å². The van der Waals surface area contributed by atoms with Gasteiger partial charge in [-0.25, -0.2) is 0 Å². The van der Waals surface area contributed by atoms with Crippen LogP contribution in [0, 0.1) is 12.3 Å². The molecule has 178 valence electrons. The van der Waals surface area contributed by atoms with Crippen molar-refractivity contribution in [2.75, 3.05) is 19.6 Å². The predicted octanol–water partition coefficient (Wildman–Crippen LogP) is 3.52. The van der Waals surface area contributed by atoms with Crippen LogP contribution in [-0.4, -0.2) is 58.7 Å². The molecule has 3 amide bonds. The first-order valence-corrected chi connectivity index (χ1v) is 11.9. The molecule has 1 aliphatic rings. The topological polar surface area (TPSA) is 69.7 Å². The molecule has 1 N–H and O–H groups in total. The van der Waals surface area contributed by atoms with Crippen molar-refractivity contribution in [2.45, 2.75) is 30.8 Å². The van der Waals surface area contributed by atoms with E-state index in [1.165, 1.54) is 9.80 Å². The van der Waals surface area contributed by atoms with Gasteiger partial charge in [0.2, 0.25) is 17.7 Å². The van der Waals surface area contributed by atoms with Crippen LogP contribution in [0.25, 0.3) is 0 Å².